The molecule has 2 N–H and O–H groups in total. The number of benzene rings is 1. The van der Waals surface area contributed by atoms with Crippen molar-refractivity contribution < 1.29 is 9.18 Å². The Balaban J connectivity index is 0.00000264. The molecule has 1 amide bonds. The van der Waals surface area contributed by atoms with Crippen LogP contribution in [0.5, 0.6) is 0 Å². The van der Waals surface area contributed by atoms with E-state index in [4.69, 9.17) is 0 Å². The smallest absolute Gasteiger partial charge is 0.230 e. The number of aryl methyl sites for hydroxylation is 1. The van der Waals surface area contributed by atoms with E-state index in [2.05, 4.69) is 15.6 Å². The van der Waals surface area contributed by atoms with Gasteiger partial charge in [-0.05, 0) is 31.2 Å². The van der Waals surface area contributed by atoms with E-state index < -0.39 is 0 Å². The lowest BCUT2D eigenvalue weighted by Gasteiger charge is -2.09. The minimum absolute atomic E-state index is 0. The Hall–Kier alpha value is -1.50. The molecule has 0 bridgehead atoms. The second kappa shape index (κ2) is 8.96. The first-order valence-corrected chi connectivity index (χ1v) is 7.96. The standard InChI is InChI=1S/C16H20FN3OS.ClH/c1-10-4-5-12(7-14(10)17)6-13-9-19-16(22-13)20-15(21)11(2)8-18-3;/h4-5,7,9,11,18H,6,8H2,1-3H3,(H,19,20,21);1H. The van der Waals surface area contributed by atoms with Crippen molar-refractivity contribution in [1.29, 1.82) is 0 Å². The van der Waals surface area contributed by atoms with E-state index in [0.29, 0.717) is 23.7 Å². The van der Waals surface area contributed by atoms with Gasteiger partial charge in [0.25, 0.3) is 0 Å². The van der Waals surface area contributed by atoms with Crippen molar-refractivity contribution in [1.82, 2.24) is 10.3 Å². The van der Waals surface area contributed by atoms with Crippen LogP contribution in [-0.2, 0) is 11.2 Å². The molecule has 0 fully saturated rings. The maximum absolute atomic E-state index is 13.5. The molecule has 1 aromatic carbocycles. The third kappa shape index (κ3) is 5.57. The van der Waals surface area contributed by atoms with Crippen molar-refractivity contribution in [2.45, 2.75) is 20.3 Å². The number of aromatic nitrogens is 1. The maximum atomic E-state index is 13.5. The number of thiazole rings is 1. The number of nitrogens with zero attached hydrogens (tertiary/aromatic N) is 1. The van der Waals surface area contributed by atoms with Crippen LogP contribution in [0, 0.1) is 18.7 Å². The highest BCUT2D eigenvalue weighted by Crippen LogP contribution is 2.22. The molecule has 2 aromatic rings. The van der Waals surface area contributed by atoms with Crippen LogP contribution in [0.4, 0.5) is 9.52 Å². The van der Waals surface area contributed by atoms with Gasteiger partial charge in [0, 0.05) is 30.0 Å². The minimum Gasteiger partial charge on any atom is -0.319 e. The Morgan fingerprint density at radius 2 is 2.17 bits per heavy atom. The topological polar surface area (TPSA) is 54.0 Å². The zero-order valence-electron chi connectivity index (χ0n) is 13.4. The first-order valence-electron chi connectivity index (χ1n) is 7.14. The SMILES string of the molecule is CNCC(C)C(=O)Nc1ncc(Cc2ccc(C)c(F)c2)s1.Cl. The monoisotopic (exact) mass is 357 g/mol. The predicted molar refractivity (Wildman–Crippen MR) is 95.0 cm³/mol. The summed E-state index contributed by atoms with van der Waals surface area (Å²) in [5, 5.41) is 6.36. The molecule has 2 rings (SSSR count). The Morgan fingerprint density at radius 1 is 1.43 bits per heavy atom. The molecule has 0 aliphatic carbocycles. The van der Waals surface area contributed by atoms with Gasteiger partial charge in [-0.1, -0.05) is 19.1 Å². The van der Waals surface area contributed by atoms with Crippen LogP contribution in [0.2, 0.25) is 0 Å². The molecular formula is C16H21ClFN3OS. The number of halogens is 2. The summed E-state index contributed by atoms with van der Waals surface area (Å²) in [6, 6.07) is 5.22. The first kappa shape index (κ1) is 19.5. The quantitative estimate of drug-likeness (QED) is 0.833. The third-order valence-corrected chi connectivity index (χ3v) is 4.27. The molecule has 0 saturated heterocycles. The van der Waals surface area contributed by atoms with Gasteiger partial charge >= 0.3 is 0 Å². The fourth-order valence-electron chi connectivity index (χ4n) is 2.02. The Morgan fingerprint density at radius 3 is 2.83 bits per heavy atom. The van der Waals surface area contributed by atoms with E-state index in [0.717, 1.165) is 10.4 Å². The number of hydrogen-bond donors (Lipinski definition) is 2. The summed E-state index contributed by atoms with van der Waals surface area (Å²) in [6.45, 7) is 4.22. The van der Waals surface area contributed by atoms with Crippen LogP contribution in [-0.4, -0.2) is 24.5 Å². The summed E-state index contributed by atoms with van der Waals surface area (Å²) < 4.78 is 13.5. The molecule has 7 heteroatoms. The fraction of sp³-hybridized carbons (Fsp3) is 0.375. The minimum atomic E-state index is -0.198. The van der Waals surface area contributed by atoms with Crippen molar-refractivity contribution in [2.75, 3.05) is 18.9 Å². The summed E-state index contributed by atoms with van der Waals surface area (Å²) in [5.74, 6) is -0.378. The highest BCUT2D eigenvalue weighted by molar-refractivity contribution is 7.15. The van der Waals surface area contributed by atoms with Crippen LogP contribution in [0.3, 0.4) is 0 Å². The summed E-state index contributed by atoms with van der Waals surface area (Å²) in [4.78, 5) is 17.1. The normalized spacial score (nSPS) is 11.7. The molecule has 0 aliphatic heterocycles. The van der Waals surface area contributed by atoms with Gasteiger partial charge in [0.2, 0.25) is 5.91 Å². The summed E-state index contributed by atoms with van der Waals surface area (Å²) >= 11 is 1.42. The van der Waals surface area contributed by atoms with Gasteiger partial charge in [0.15, 0.2) is 5.13 Å². The van der Waals surface area contributed by atoms with Gasteiger partial charge in [-0.25, -0.2) is 9.37 Å². The third-order valence-electron chi connectivity index (χ3n) is 3.36. The van der Waals surface area contributed by atoms with Crippen molar-refractivity contribution in [3.8, 4) is 0 Å². The van der Waals surface area contributed by atoms with Crippen molar-refractivity contribution in [3.63, 3.8) is 0 Å². The van der Waals surface area contributed by atoms with Gasteiger partial charge in [0.1, 0.15) is 5.82 Å². The second-order valence-corrected chi connectivity index (χ2v) is 6.46. The predicted octanol–water partition coefficient (Wildman–Crippen LogP) is 3.40. The number of nitrogens with one attached hydrogen (secondary N) is 2. The maximum Gasteiger partial charge on any atom is 0.230 e. The van der Waals surface area contributed by atoms with Gasteiger partial charge in [0.05, 0.1) is 0 Å². The molecule has 1 atom stereocenters. The Bertz CT molecular complexity index is 663. The summed E-state index contributed by atoms with van der Waals surface area (Å²) in [7, 11) is 1.81. The first-order chi connectivity index (χ1) is 10.5. The number of carbonyl (C=O) groups is 1. The molecular weight excluding hydrogens is 337 g/mol. The molecule has 0 saturated carbocycles. The molecule has 0 aliphatic rings. The van der Waals surface area contributed by atoms with Gasteiger partial charge in [-0.3, -0.25) is 4.79 Å². The molecule has 0 spiro atoms. The molecule has 1 unspecified atom stereocenters. The number of carbonyl (C=O) groups excluding carboxylic acids is 1. The lowest BCUT2D eigenvalue weighted by Crippen LogP contribution is -2.28. The average molecular weight is 358 g/mol. The summed E-state index contributed by atoms with van der Waals surface area (Å²) in [5.41, 5.74) is 1.53. The molecule has 0 radical (unpaired) electrons. The van der Waals surface area contributed by atoms with Crippen LogP contribution >= 0.6 is 23.7 Å². The van der Waals surface area contributed by atoms with Crippen molar-refractivity contribution >= 4 is 34.8 Å². The largest absolute Gasteiger partial charge is 0.319 e. The van der Waals surface area contributed by atoms with Crippen LogP contribution in [0.15, 0.2) is 24.4 Å². The highest BCUT2D eigenvalue weighted by atomic mass is 35.5. The number of amides is 1. The molecule has 1 aromatic heterocycles. The Labute approximate surface area is 145 Å². The lowest BCUT2D eigenvalue weighted by atomic mass is 10.1. The number of rotatable bonds is 6. The van der Waals surface area contributed by atoms with E-state index in [1.165, 1.54) is 11.3 Å². The average Bonchev–Trinajstić information content (AvgIpc) is 2.90. The fourth-order valence-corrected chi connectivity index (χ4v) is 2.87. The van der Waals surface area contributed by atoms with E-state index >= 15 is 0 Å². The second-order valence-electron chi connectivity index (χ2n) is 5.34. The van der Waals surface area contributed by atoms with E-state index in [1.54, 1.807) is 25.3 Å². The zero-order valence-corrected chi connectivity index (χ0v) is 15.0. The van der Waals surface area contributed by atoms with E-state index in [1.807, 2.05) is 20.0 Å². The number of anilines is 1. The number of hydrogen-bond acceptors (Lipinski definition) is 4. The summed E-state index contributed by atoms with van der Waals surface area (Å²) in [6.07, 6.45) is 2.33. The molecule has 1 heterocycles. The van der Waals surface area contributed by atoms with Crippen LogP contribution in [0.25, 0.3) is 0 Å². The highest BCUT2D eigenvalue weighted by Gasteiger charge is 2.14. The van der Waals surface area contributed by atoms with Crippen LogP contribution < -0.4 is 10.6 Å². The van der Waals surface area contributed by atoms with E-state index in [-0.39, 0.29) is 30.0 Å². The van der Waals surface area contributed by atoms with E-state index in [9.17, 15) is 9.18 Å². The Kier molecular flexibility index (Phi) is 7.61. The van der Waals surface area contributed by atoms with Crippen LogP contribution in [0.1, 0.15) is 22.9 Å². The van der Waals surface area contributed by atoms with Gasteiger partial charge < -0.3 is 10.6 Å². The van der Waals surface area contributed by atoms with Gasteiger partial charge in [-0.2, -0.15) is 0 Å². The lowest BCUT2D eigenvalue weighted by molar-refractivity contribution is -0.119. The van der Waals surface area contributed by atoms with Crippen molar-refractivity contribution in [2.24, 2.45) is 5.92 Å². The van der Waals surface area contributed by atoms with Gasteiger partial charge in [-0.15, -0.1) is 23.7 Å². The molecule has 4 nitrogen and oxygen atoms in total. The molecule has 126 valence electrons. The van der Waals surface area contributed by atoms with Crippen molar-refractivity contribution in [3.05, 3.63) is 46.2 Å². The zero-order chi connectivity index (χ0) is 16.1. The molecule has 23 heavy (non-hydrogen) atoms.